The standard InChI is InChI=1S/C61H66F3N11O7/c1-33(2)55(59(79)74-29-43(77)25-49(74)58(78)67-48(31-76)40-17-13-37(14-18-40)36-7-5-4-6-8-36)75-30-47(71-72-75)39-11-9-35(10-12-39)32-81-56-51(54-52(61(62,63)64)34(3)23-50(65)68-54)45(38-15-16-38)26-46-53(56)69-60(82-44-19-21-80-22-20-44)70-57(46)73-28-41-24-42(73)27-66-41/h4-14,17-18,23,26,30,33,38,41-44,48-49,55,66,76-77H,15-16,19-22,24-25,27-29,31-32H2,1-3H3,(H2,65,68)(H,67,78)/t41-,42-,43+,48-,49-,55-/m0/s1. The summed E-state index contributed by atoms with van der Waals surface area (Å²) >= 11 is 0. The Morgan fingerprint density at radius 1 is 0.915 bits per heavy atom. The van der Waals surface area contributed by atoms with E-state index in [1.807, 2.05) is 98.8 Å². The van der Waals surface area contributed by atoms with E-state index in [0.29, 0.717) is 77.3 Å². The van der Waals surface area contributed by atoms with Gasteiger partial charge in [0.25, 0.3) is 0 Å². The van der Waals surface area contributed by atoms with Crippen LogP contribution in [-0.2, 0) is 27.1 Å². The van der Waals surface area contributed by atoms with Crippen molar-refractivity contribution in [2.45, 2.75) is 120 Å². The maximum absolute atomic E-state index is 15.4. The van der Waals surface area contributed by atoms with Gasteiger partial charge in [0.15, 0.2) is 5.75 Å². The first-order valence-corrected chi connectivity index (χ1v) is 28.2. The Kier molecular flexibility index (Phi) is 15.1. The number of nitrogen functional groups attached to an aromatic ring is 1. The minimum Gasteiger partial charge on any atom is -0.486 e. The maximum atomic E-state index is 15.4. The molecule has 0 unspecified atom stereocenters. The predicted octanol–water partition coefficient (Wildman–Crippen LogP) is 8.10. The summed E-state index contributed by atoms with van der Waals surface area (Å²) in [4.78, 5) is 46.8. The number of likely N-dealkylation sites (tertiary alicyclic amines) is 1. The monoisotopic (exact) mass is 1120 g/mol. The Hall–Kier alpha value is -7.72. The molecule has 4 aliphatic heterocycles. The lowest BCUT2D eigenvalue weighted by atomic mass is 9.92. The summed E-state index contributed by atoms with van der Waals surface area (Å²) in [5.74, 6) is -0.614. The van der Waals surface area contributed by atoms with Crippen molar-refractivity contribution in [3.8, 4) is 45.4 Å². The fraction of sp³-hybridized carbons (Fsp3) is 0.426. The highest BCUT2D eigenvalue weighted by molar-refractivity contribution is 6.01. The molecule has 3 aromatic heterocycles. The van der Waals surface area contributed by atoms with Gasteiger partial charge in [-0.2, -0.15) is 23.1 Å². The number of hydrogen-bond donors (Lipinski definition) is 5. The number of pyridine rings is 1. The molecule has 2 bridgehead atoms. The number of nitrogens with one attached hydrogen (secondary N) is 2. The third-order valence-electron chi connectivity index (χ3n) is 16.6. The maximum Gasteiger partial charge on any atom is 0.418 e. The number of carbonyl (C=O) groups is 2. The number of nitrogens with zero attached hydrogens (tertiary/aromatic N) is 8. The van der Waals surface area contributed by atoms with Crippen LogP contribution in [0.2, 0.25) is 0 Å². The number of aryl methyl sites for hydroxylation is 1. The van der Waals surface area contributed by atoms with E-state index in [2.05, 4.69) is 30.8 Å². The lowest BCUT2D eigenvalue weighted by Gasteiger charge is -2.31. The van der Waals surface area contributed by atoms with Gasteiger partial charge in [-0.15, -0.1) is 5.10 Å². The summed E-state index contributed by atoms with van der Waals surface area (Å²) in [6.07, 6.45) is -0.610. The zero-order valence-electron chi connectivity index (χ0n) is 45.9. The molecule has 7 aromatic rings. The molecule has 428 valence electrons. The first kappa shape index (κ1) is 54.8. The summed E-state index contributed by atoms with van der Waals surface area (Å²) in [5, 5.41) is 37.3. The van der Waals surface area contributed by atoms with E-state index < -0.39 is 47.8 Å². The molecule has 2 amide bonds. The second-order valence-corrected chi connectivity index (χ2v) is 22.7. The molecule has 6 N–H and O–H groups in total. The SMILES string of the molecule is Cc1cc(N)nc(-c2c(C3CC3)cc3c(N4C[C@@H]5C[C@H]4CN5)nc(OC4CCOCC4)nc3c2OCc2ccc(-c3cn([C@H](C(=O)N4C[C@H](O)C[C@H]4C(=O)N[C@@H](CO)c4ccc(-c5ccccc5)cc4)C(C)C)nn3)cc2)c1C(F)(F)F. The molecule has 5 fully saturated rings. The molecule has 12 rings (SSSR count). The molecule has 4 saturated heterocycles. The van der Waals surface area contributed by atoms with Gasteiger partial charge in [0.2, 0.25) is 11.8 Å². The summed E-state index contributed by atoms with van der Waals surface area (Å²) in [5.41, 5.74) is 10.6. The number of aliphatic hydroxyl groups excluding tert-OH is 2. The van der Waals surface area contributed by atoms with E-state index >= 15 is 13.2 Å². The molecule has 82 heavy (non-hydrogen) atoms. The average molecular weight is 1120 g/mol. The number of benzene rings is 4. The summed E-state index contributed by atoms with van der Waals surface area (Å²) in [6, 6.07) is 25.7. The number of ether oxygens (including phenoxy) is 3. The number of aromatic nitrogens is 6. The normalized spacial score (nSPS) is 20.9. The molecule has 0 radical (unpaired) electrons. The smallest absolute Gasteiger partial charge is 0.418 e. The second-order valence-electron chi connectivity index (χ2n) is 22.7. The molecule has 4 aromatic carbocycles. The molecule has 1 saturated carbocycles. The van der Waals surface area contributed by atoms with Crippen molar-refractivity contribution in [1.29, 1.82) is 0 Å². The van der Waals surface area contributed by atoms with Crippen LogP contribution in [0.15, 0.2) is 97.2 Å². The van der Waals surface area contributed by atoms with Gasteiger partial charge in [-0.05, 0) is 83.5 Å². The number of amides is 2. The minimum atomic E-state index is -4.79. The first-order valence-electron chi connectivity index (χ1n) is 28.2. The highest BCUT2D eigenvalue weighted by Gasteiger charge is 2.45. The van der Waals surface area contributed by atoms with Crippen LogP contribution in [0.3, 0.4) is 0 Å². The van der Waals surface area contributed by atoms with E-state index in [9.17, 15) is 19.8 Å². The quantitative estimate of drug-likeness (QED) is 0.0580. The Morgan fingerprint density at radius 2 is 1.65 bits per heavy atom. The van der Waals surface area contributed by atoms with Gasteiger partial charge >= 0.3 is 12.2 Å². The second kappa shape index (κ2) is 22.6. The molecule has 0 spiro atoms. The highest BCUT2D eigenvalue weighted by Crippen LogP contribution is 2.54. The van der Waals surface area contributed by atoms with Gasteiger partial charge in [-0.3, -0.25) is 9.59 Å². The zero-order valence-corrected chi connectivity index (χ0v) is 45.9. The lowest BCUT2D eigenvalue weighted by Crippen LogP contribution is -2.50. The summed E-state index contributed by atoms with van der Waals surface area (Å²) in [6.45, 7) is 7.06. The third-order valence-corrected chi connectivity index (χ3v) is 16.6. The number of piperazine rings is 1. The van der Waals surface area contributed by atoms with Crippen molar-refractivity contribution in [2.24, 2.45) is 5.92 Å². The Morgan fingerprint density at radius 3 is 2.32 bits per heavy atom. The summed E-state index contributed by atoms with van der Waals surface area (Å²) < 4.78 is 66.6. The molecule has 7 heterocycles. The number of hydrogen-bond acceptors (Lipinski definition) is 15. The van der Waals surface area contributed by atoms with Crippen LogP contribution in [0, 0.1) is 12.8 Å². The van der Waals surface area contributed by atoms with Gasteiger partial charge in [-0.25, -0.2) is 9.67 Å². The number of aliphatic hydroxyl groups is 2. The number of carbonyl (C=O) groups excluding carboxylic acids is 2. The average Bonchev–Trinajstić information content (AvgIpc) is 3.94. The van der Waals surface area contributed by atoms with Crippen LogP contribution < -0.4 is 30.7 Å². The topological polar surface area (TPSA) is 228 Å². The van der Waals surface area contributed by atoms with E-state index in [1.54, 1.807) is 6.20 Å². The zero-order chi connectivity index (χ0) is 57.0. The molecular formula is C61H66F3N11O7. The highest BCUT2D eigenvalue weighted by atomic mass is 19.4. The van der Waals surface area contributed by atoms with Crippen molar-refractivity contribution < 1.29 is 47.2 Å². The molecule has 1 aliphatic carbocycles. The van der Waals surface area contributed by atoms with Crippen LogP contribution in [-0.4, -0.2) is 127 Å². The number of β-amino-alcohol motifs (C(OH)–C–C–N with tert-alkyl or cyclic N) is 1. The Bertz CT molecular complexity index is 3480. The van der Waals surface area contributed by atoms with Crippen LogP contribution in [0.5, 0.6) is 11.8 Å². The lowest BCUT2D eigenvalue weighted by molar-refractivity contribution is -0.142. The largest absolute Gasteiger partial charge is 0.486 e. The molecule has 5 aliphatic rings. The van der Waals surface area contributed by atoms with Crippen LogP contribution in [0.4, 0.5) is 24.8 Å². The van der Waals surface area contributed by atoms with E-state index in [1.165, 1.54) is 22.6 Å². The fourth-order valence-electron chi connectivity index (χ4n) is 12.3. The number of alkyl halides is 3. The van der Waals surface area contributed by atoms with Gasteiger partial charge in [0.05, 0.1) is 49.4 Å². The number of anilines is 2. The van der Waals surface area contributed by atoms with Gasteiger partial charge in [0, 0.05) is 67.5 Å². The van der Waals surface area contributed by atoms with E-state index in [-0.39, 0.29) is 90.6 Å². The number of nitrogens with two attached hydrogens (primary N) is 1. The third kappa shape index (κ3) is 11.1. The minimum absolute atomic E-state index is 0.0137. The Balaban J connectivity index is 0.830. The fourth-order valence-corrected chi connectivity index (χ4v) is 12.3. The predicted molar refractivity (Wildman–Crippen MR) is 301 cm³/mol. The summed E-state index contributed by atoms with van der Waals surface area (Å²) in [7, 11) is 0. The van der Waals surface area contributed by atoms with Crippen molar-refractivity contribution in [1.82, 2.24) is 45.5 Å². The number of halogens is 3. The number of rotatable bonds is 17. The van der Waals surface area contributed by atoms with Gasteiger partial charge < -0.3 is 50.6 Å². The first-order chi connectivity index (χ1) is 39.6. The van der Waals surface area contributed by atoms with Gasteiger partial charge in [-0.1, -0.05) is 97.9 Å². The molecule has 18 nitrogen and oxygen atoms in total. The number of fused-ring (bicyclic) bond motifs is 3. The van der Waals surface area contributed by atoms with Crippen LogP contribution in [0.1, 0.15) is 98.2 Å². The van der Waals surface area contributed by atoms with Crippen molar-refractivity contribution in [3.05, 3.63) is 125 Å². The molecule has 21 heteroatoms. The van der Waals surface area contributed by atoms with E-state index in [0.717, 1.165) is 36.9 Å². The van der Waals surface area contributed by atoms with Crippen molar-refractivity contribution in [3.63, 3.8) is 0 Å². The van der Waals surface area contributed by atoms with Crippen molar-refractivity contribution in [2.75, 3.05) is 50.1 Å². The molecule has 6 atom stereocenters. The van der Waals surface area contributed by atoms with Crippen LogP contribution >= 0.6 is 0 Å². The molecular weight excluding hydrogens is 1060 g/mol. The van der Waals surface area contributed by atoms with E-state index in [4.69, 9.17) is 29.9 Å². The Labute approximate surface area is 472 Å². The van der Waals surface area contributed by atoms with Crippen LogP contribution in [0.25, 0.3) is 44.5 Å². The van der Waals surface area contributed by atoms with Gasteiger partial charge in [0.1, 0.15) is 47.6 Å². The van der Waals surface area contributed by atoms with Crippen molar-refractivity contribution >= 4 is 34.4 Å².